The first-order chi connectivity index (χ1) is 17.2. The Morgan fingerprint density at radius 2 is 1.78 bits per heavy atom. The monoisotopic (exact) mass is 498 g/mol. The fourth-order valence-corrected chi connectivity index (χ4v) is 5.45. The van der Waals surface area contributed by atoms with E-state index in [2.05, 4.69) is 10.3 Å². The Bertz CT molecular complexity index is 1680. The van der Waals surface area contributed by atoms with Gasteiger partial charge in [0, 0.05) is 28.6 Å². The quantitative estimate of drug-likeness (QED) is 0.284. The summed E-state index contributed by atoms with van der Waals surface area (Å²) in [5, 5.41) is 16.9. The molecular weight excluding hydrogens is 476 g/mol. The van der Waals surface area contributed by atoms with Crippen LogP contribution in [0.4, 0.5) is 5.69 Å². The van der Waals surface area contributed by atoms with E-state index in [1.54, 1.807) is 19.1 Å². The molecule has 180 valence electrons. The van der Waals surface area contributed by atoms with Crippen LogP contribution in [0.1, 0.15) is 49.5 Å². The number of fused-ring (bicyclic) bond motifs is 1. The lowest BCUT2D eigenvalue weighted by Gasteiger charge is -2.13. The summed E-state index contributed by atoms with van der Waals surface area (Å²) in [6, 6.07) is 14.9. The molecule has 0 fully saturated rings. The Kier molecular flexibility index (Phi) is 5.64. The van der Waals surface area contributed by atoms with Gasteiger partial charge in [0.05, 0.1) is 16.7 Å². The number of thiophene rings is 1. The minimum absolute atomic E-state index is 0.132. The molecule has 0 unspecified atom stereocenters. The zero-order valence-electron chi connectivity index (χ0n) is 20.1. The Balaban J connectivity index is 1.76. The van der Waals surface area contributed by atoms with Crippen molar-refractivity contribution in [2.45, 2.75) is 27.7 Å². The van der Waals surface area contributed by atoms with Gasteiger partial charge < -0.3 is 15.4 Å². The van der Waals surface area contributed by atoms with Crippen molar-refractivity contribution in [1.29, 1.82) is 0 Å². The highest BCUT2D eigenvalue weighted by molar-refractivity contribution is 7.21. The van der Waals surface area contributed by atoms with Gasteiger partial charge in [-0.05, 0) is 37.9 Å². The minimum Gasteiger partial charge on any atom is -0.539 e. The number of anilines is 1. The molecule has 8 nitrogen and oxygen atoms in total. The molecule has 5 rings (SSSR count). The van der Waals surface area contributed by atoms with Gasteiger partial charge in [0.2, 0.25) is 5.69 Å². The van der Waals surface area contributed by atoms with Crippen molar-refractivity contribution in [3.63, 3.8) is 0 Å². The van der Waals surface area contributed by atoms with E-state index in [0.29, 0.717) is 32.7 Å². The molecule has 0 saturated carbocycles. The number of aromatic nitrogens is 3. The van der Waals surface area contributed by atoms with Gasteiger partial charge in [-0.15, -0.1) is 11.3 Å². The van der Waals surface area contributed by atoms with Crippen molar-refractivity contribution in [2.24, 2.45) is 0 Å². The van der Waals surface area contributed by atoms with E-state index in [1.807, 2.05) is 50.2 Å². The number of pyridine rings is 1. The molecule has 0 radical (unpaired) electrons. The number of Topliss-reactive ketones (excluding diaryl/α,β-unsaturated/α-hetero) is 1. The van der Waals surface area contributed by atoms with Gasteiger partial charge in [0.25, 0.3) is 5.78 Å². The molecule has 0 aliphatic carbocycles. The highest BCUT2D eigenvalue weighted by Crippen LogP contribution is 2.43. The summed E-state index contributed by atoms with van der Waals surface area (Å²) in [6.07, 6.45) is 0. The predicted octanol–water partition coefficient (Wildman–Crippen LogP) is 4.24. The number of nitrogen functional groups attached to an aromatic ring is 1. The van der Waals surface area contributed by atoms with E-state index in [4.69, 9.17) is 10.3 Å². The van der Waals surface area contributed by atoms with Crippen molar-refractivity contribution < 1.29 is 23.9 Å². The molecule has 0 aliphatic rings. The van der Waals surface area contributed by atoms with Crippen LogP contribution in [-0.2, 0) is 0 Å². The number of rotatable bonds is 5. The molecule has 0 spiro atoms. The smallest absolute Gasteiger partial charge is 0.312 e. The first kappa shape index (κ1) is 23.4. The first-order valence-electron chi connectivity index (χ1n) is 11.2. The normalized spacial score (nSPS) is 11.2. The van der Waals surface area contributed by atoms with Crippen molar-refractivity contribution in [3.05, 3.63) is 81.5 Å². The third-order valence-electron chi connectivity index (χ3n) is 6.03. The molecule has 36 heavy (non-hydrogen) atoms. The highest BCUT2D eigenvalue weighted by Gasteiger charge is 2.33. The summed E-state index contributed by atoms with van der Waals surface area (Å²) in [7, 11) is 0. The minimum atomic E-state index is -0.870. The molecule has 0 amide bonds. The number of carbonyl (C=O) groups is 2. The van der Waals surface area contributed by atoms with Crippen LogP contribution in [-0.4, -0.2) is 21.8 Å². The van der Waals surface area contributed by atoms with E-state index in [9.17, 15) is 14.7 Å². The van der Waals surface area contributed by atoms with E-state index >= 15 is 0 Å². The zero-order valence-corrected chi connectivity index (χ0v) is 20.9. The summed E-state index contributed by atoms with van der Waals surface area (Å²) in [5.74, 6) is -1.65. The van der Waals surface area contributed by atoms with Crippen LogP contribution < -0.4 is 15.5 Å². The number of carbonyl (C=O) groups excluding carboxylic acids is 2. The largest absolute Gasteiger partial charge is 0.539 e. The summed E-state index contributed by atoms with van der Waals surface area (Å²) in [5.41, 5.74) is 11.4. The molecule has 3 heterocycles. The molecule has 0 saturated heterocycles. The van der Waals surface area contributed by atoms with Gasteiger partial charge in [-0.1, -0.05) is 47.5 Å². The molecule has 2 aromatic carbocycles. The first-order valence-corrected chi connectivity index (χ1v) is 12.0. The van der Waals surface area contributed by atoms with Crippen LogP contribution in [0, 0.1) is 20.8 Å². The van der Waals surface area contributed by atoms with Gasteiger partial charge in [-0.25, -0.2) is 4.98 Å². The fraction of sp³-hybridized carbons (Fsp3) is 0.148. The Morgan fingerprint density at radius 3 is 2.44 bits per heavy atom. The summed E-state index contributed by atoms with van der Waals surface area (Å²) in [4.78, 5) is 31.6. The van der Waals surface area contributed by atoms with Gasteiger partial charge in [0.1, 0.15) is 9.71 Å². The fourth-order valence-electron chi connectivity index (χ4n) is 4.36. The van der Waals surface area contributed by atoms with Crippen LogP contribution in [0.5, 0.6) is 5.95 Å². The maximum absolute atomic E-state index is 13.7. The SMILES string of the molecule is CC(=O)c1c(C)nc2sc(C(=O)c3c([O-])on[n+]3-c3ccc(C)cc3)c(N)c2c1-c1cccc(C)c1. The number of nitrogens with zero attached hydrogens (tertiary/aromatic N) is 3. The highest BCUT2D eigenvalue weighted by atomic mass is 32.1. The van der Waals surface area contributed by atoms with E-state index in [1.165, 1.54) is 11.6 Å². The Labute approximate surface area is 210 Å². The molecule has 9 heteroatoms. The Hall–Kier alpha value is -4.37. The van der Waals surface area contributed by atoms with Gasteiger partial charge in [0.15, 0.2) is 11.7 Å². The molecule has 0 aliphatic heterocycles. The molecule has 0 bridgehead atoms. The second-order valence-electron chi connectivity index (χ2n) is 8.68. The second-order valence-corrected chi connectivity index (χ2v) is 9.68. The molecular formula is C27H22N4O4S. The summed E-state index contributed by atoms with van der Waals surface area (Å²) in [6.45, 7) is 7.12. The van der Waals surface area contributed by atoms with Gasteiger partial charge >= 0.3 is 5.69 Å². The van der Waals surface area contributed by atoms with Crippen molar-refractivity contribution in [3.8, 4) is 22.8 Å². The number of ketones is 2. The molecule has 3 aromatic heterocycles. The molecule has 5 aromatic rings. The lowest BCUT2D eigenvalue weighted by Crippen LogP contribution is -2.39. The van der Waals surface area contributed by atoms with E-state index < -0.39 is 11.7 Å². The topological polar surface area (TPSA) is 126 Å². The van der Waals surface area contributed by atoms with Crippen LogP contribution in [0.25, 0.3) is 27.0 Å². The summed E-state index contributed by atoms with van der Waals surface area (Å²) < 4.78 is 6.03. The standard InChI is InChI=1S/C27H22N4O4S/c1-13-8-10-18(11-9-13)31-23(27(34)35-30-31)24(33)25-22(28)21-20(17-7-5-6-14(2)12-17)19(16(4)32)15(3)29-26(21)36-25/h5-12H,1-4H3,(H2-,28,30,33,34). The number of nitrogens with two attached hydrogens (primary N) is 1. The molecule has 2 N–H and O–H groups in total. The number of benzene rings is 2. The van der Waals surface area contributed by atoms with Gasteiger partial charge in [-0.2, -0.15) is 0 Å². The van der Waals surface area contributed by atoms with Gasteiger partial charge in [-0.3, -0.25) is 9.59 Å². The number of hydrogen-bond acceptors (Lipinski definition) is 8. The maximum atomic E-state index is 13.7. The number of hydrogen-bond donors (Lipinski definition) is 1. The average molecular weight is 499 g/mol. The third kappa shape index (κ3) is 3.74. The zero-order chi connectivity index (χ0) is 25.7. The second kappa shape index (κ2) is 8.69. The lowest BCUT2D eigenvalue weighted by atomic mass is 9.92. The predicted molar refractivity (Wildman–Crippen MR) is 135 cm³/mol. The van der Waals surface area contributed by atoms with E-state index in [0.717, 1.165) is 28.0 Å². The van der Waals surface area contributed by atoms with Crippen LogP contribution in [0.3, 0.4) is 0 Å². The Morgan fingerprint density at radius 1 is 1.06 bits per heavy atom. The summed E-state index contributed by atoms with van der Waals surface area (Å²) >= 11 is 1.07. The van der Waals surface area contributed by atoms with Crippen LogP contribution in [0.15, 0.2) is 53.1 Å². The van der Waals surface area contributed by atoms with Crippen molar-refractivity contribution >= 4 is 38.8 Å². The average Bonchev–Trinajstić information content (AvgIpc) is 3.37. The van der Waals surface area contributed by atoms with Crippen LogP contribution >= 0.6 is 11.3 Å². The van der Waals surface area contributed by atoms with Crippen molar-refractivity contribution in [1.82, 2.24) is 10.3 Å². The number of aryl methyl sites for hydroxylation is 3. The third-order valence-corrected chi connectivity index (χ3v) is 7.13. The molecule has 0 atom stereocenters. The lowest BCUT2D eigenvalue weighted by molar-refractivity contribution is -0.672. The van der Waals surface area contributed by atoms with Crippen LogP contribution in [0.2, 0.25) is 0 Å². The van der Waals surface area contributed by atoms with E-state index in [-0.39, 0.29) is 22.0 Å². The van der Waals surface area contributed by atoms with Crippen molar-refractivity contribution in [2.75, 3.05) is 5.73 Å². The maximum Gasteiger partial charge on any atom is 0.312 e.